The SMILES string of the molecule is COc1ccc(C(=O)Nc2c(F)cccc2Cl)cc1OC1CCOC1. The van der Waals surface area contributed by atoms with Crippen molar-refractivity contribution in [2.75, 3.05) is 25.6 Å². The molecule has 7 heteroatoms. The molecule has 132 valence electrons. The molecule has 0 radical (unpaired) electrons. The summed E-state index contributed by atoms with van der Waals surface area (Å²) in [5.74, 6) is -0.159. The van der Waals surface area contributed by atoms with Crippen LogP contribution in [0.1, 0.15) is 16.8 Å². The summed E-state index contributed by atoms with van der Waals surface area (Å²) in [6, 6.07) is 8.95. The second kappa shape index (κ2) is 7.72. The lowest BCUT2D eigenvalue weighted by Crippen LogP contribution is -2.17. The van der Waals surface area contributed by atoms with Gasteiger partial charge in [-0.2, -0.15) is 0 Å². The molecule has 1 fully saturated rings. The number of hydrogen-bond acceptors (Lipinski definition) is 4. The van der Waals surface area contributed by atoms with Crippen molar-refractivity contribution >= 4 is 23.2 Å². The maximum absolute atomic E-state index is 13.8. The lowest BCUT2D eigenvalue weighted by atomic mass is 10.1. The third kappa shape index (κ3) is 4.03. The van der Waals surface area contributed by atoms with E-state index in [1.54, 1.807) is 18.2 Å². The van der Waals surface area contributed by atoms with Gasteiger partial charge in [0.1, 0.15) is 11.9 Å². The Balaban J connectivity index is 1.82. The zero-order valence-electron chi connectivity index (χ0n) is 13.6. The first-order valence-electron chi connectivity index (χ1n) is 7.76. The maximum Gasteiger partial charge on any atom is 0.255 e. The minimum atomic E-state index is -0.603. The van der Waals surface area contributed by atoms with Gasteiger partial charge in [-0.15, -0.1) is 0 Å². The number of hydrogen-bond donors (Lipinski definition) is 1. The van der Waals surface area contributed by atoms with Gasteiger partial charge in [-0.25, -0.2) is 4.39 Å². The van der Waals surface area contributed by atoms with Gasteiger partial charge in [0.05, 0.1) is 31.0 Å². The van der Waals surface area contributed by atoms with E-state index in [1.807, 2.05) is 0 Å². The van der Waals surface area contributed by atoms with Gasteiger partial charge < -0.3 is 19.5 Å². The van der Waals surface area contributed by atoms with Gasteiger partial charge in [-0.05, 0) is 30.3 Å². The van der Waals surface area contributed by atoms with Gasteiger partial charge in [0, 0.05) is 12.0 Å². The molecule has 1 unspecified atom stereocenters. The van der Waals surface area contributed by atoms with E-state index in [0.717, 1.165) is 6.42 Å². The van der Waals surface area contributed by atoms with Crippen molar-refractivity contribution in [3.8, 4) is 11.5 Å². The van der Waals surface area contributed by atoms with Crippen LogP contribution in [-0.2, 0) is 4.74 Å². The summed E-state index contributed by atoms with van der Waals surface area (Å²) >= 11 is 5.94. The third-order valence-electron chi connectivity index (χ3n) is 3.81. The molecule has 3 rings (SSSR count). The van der Waals surface area contributed by atoms with Crippen molar-refractivity contribution in [3.63, 3.8) is 0 Å². The van der Waals surface area contributed by atoms with Gasteiger partial charge in [-0.1, -0.05) is 17.7 Å². The average Bonchev–Trinajstić information content (AvgIpc) is 3.11. The first-order chi connectivity index (χ1) is 12.1. The highest BCUT2D eigenvalue weighted by atomic mass is 35.5. The molecule has 0 spiro atoms. The fourth-order valence-electron chi connectivity index (χ4n) is 2.50. The normalized spacial score (nSPS) is 16.5. The largest absolute Gasteiger partial charge is 0.493 e. The molecule has 25 heavy (non-hydrogen) atoms. The molecule has 1 atom stereocenters. The molecular formula is C18H17ClFNO4. The predicted octanol–water partition coefficient (Wildman–Crippen LogP) is 3.91. The number of nitrogens with one attached hydrogen (secondary N) is 1. The van der Waals surface area contributed by atoms with E-state index in [1.165, 1.54) is 25.3 Å². The van der Waals surface area contributed by atoms with Crippen LogP contribution < -0.4 is 14.8 Å². The highest BCUT2D eigenvalue weighted by Gasteiger charge is 2.20. The Morgan fingerprint density at radius 2 is 2.16 bits per heavy atom. The predicted molar refractivity (Wildman–Crippen MR) is 92.2 cm³/mol. The Morgan fingerprint density at radius 3 is 2.84 bits per heavy atom. The summed E-state index contributed by atoms with van der Waals surface area (Å²) in [4.78, 5) is 12.5. The Kier molecular flexibility index (Phi) is 5.40. The first kappa shape index (κ1) is 17.5. The van der Waals surface area contributed by atoms with E-state index in [2.05, 4.69) is 5.32 Å². The van der Waals surface area contributed by atoms with E-state index < -0.39 is 11.7 Å². The number of rotatable bonds is 5. The molecule has 1 heterocycles. The van der Waals surface area contributed by atoms with E-state index in [0.29, 0.717) is 30.3 Å². The number of anilines is 1. The smallest absolute Gasteiger partial charge is 0.255 e. The van der Waals surface area contributed by atoms with Crippen molar-refractivity contribution < 1.29 is 23.4 Å². The molecule has 2 aromatic carbocycles. The van der Waals surface area contributed by atoms with Gasteiger partial charge in [-0.3, -0.25) is 4.79 Å². The van der Waals surface area contributed by atoms with Gasteiger partial charge in [0.15, 0.2) is 11.5 Å². The summed E-state index contributed by atoms with van der Waals surface area (Å²) in [6.45, 7) is 1.13. The van der Waals surface area contributed by atoms with Crippen molar-refractivity contribution in [2.45, 2.75) is 12.5 Å². The van der Waals surface area contributed by atoms with Gasteiger partial charge >= 0.3 is 0 Å². The molecule has 1 saturated heterocycles. The summed E-state index contributed by atoms with van der Waals surface area (Å²) < 4.78 is 30.2. The molecule has 0 bridgehead atoms. The molecule has 0 saturated carbocycles. The molecule has 2 aromatic rings. The molecule has 1 aliphatic heterocycles. The lowest BCUT2D eigenvalue weighted by molar-refractivity contribution is 0.102. The zero-order chi connectivity index (χ0) is 17.8. The molecule has 1 amide bonds. The molecule has 0 aliphatic carbocycles. The van der Waals surface area contributed by atoms with Crippen LogP contribution in [0.25, 0.3) is 0 Å². The number of ether oxygens (including phenoxy) is 3. The first-order valence-corrected chi connectivity index (χ1v) is 8.14. The van der Waals surface area contributed by atoms with Gasteiger partial charge in [0.2, 0.25) is 0 Å². The minimum absolute atomic E-state index is 0.0587. The van der Waals surface area contributed by atoms with E-state index in [-0.39, 0.29) is 16.8 Å². The van der Waals surface area contributed by atoms with Crippen LogP contribution >= 0.6 is 11.6 Å². The molecule has 5 nitrogen and oxygen atoms in total. The average molecular weight is 366 g/mol. The summed E-state index contributed by atoms with van der Waals surface area (Å²) in [5, 5.41) is 2.61. The Morgan fingerprint density at radius 1 is 1.32 bits per heavy atom. The monoisotopic (exact) mass is 365 g/mol. The van der Waals surface area contributed by atoms with Crippen LogP contribution in [-0.4, -0.2) is 32.3 Å². The van der Waals surface area contributed by atoms with Crippen molar-refractivity contribution in [2.24, 2.45) is 0 Å². The summed E-state index contributed by atoms with van der Waals surface area (Å²) in [7, 11) is 1.52. The van der Waals surface area contributed by atoms with Crippen LogP contribution in [0.15, 0.2) is 36.4 Å². The molecule has 1 aliphatic rings. The summed E-state index contributed by atoms with van der Waals surface area (Å²) in [5.41, 5.74) is 0.241. The fourth-order valence-corrected chi connectivity index (χ4v) is 2.71. The highest BCUT2D eigenvalue weighted by Crippen LogP contribution is 2.31. The number of benzene rings is 2. The molecule has 1 N–H and O–H groups in total. The molecule has 0 aromatic heterocycles. The maximum atomic E-state index is 13.8. The zero-order valence-corrected chi connectivity index (χ0v) is 14.3. The third-order valence-corrected chi connectivity index (χ3v) is 4.12. The molecular weight excluding hydrogens is 349 g/mol. The number of carbonyl (C=O) groups excluding carboxylic acids is 1. The van der Waals surface area contributed by atoms with Crippen molar-refractivity contribution in [1.82, 2.24) is 0 Å². The Bertz CT molecular complexity index is 757. The summed E-state index contributed by atoms with van der Waals surface area (Å²) in [6.07, 6.45) is 0.679. The van der Waals surface area contributed by atoms with Crippen LogP contribution in [0.2, 0.25) is 5.02 Å². The van der Waals surface area contributed by atoms with Crippen molar-refractivity contribution in [1.29, 1.82) is 0 Å². The van der Waals surface area contributed by atoms with Crippen LogP contribution in [0.3, 0.4) is 0 Å². The van der Waals surface area contributed by atoms with Crippen LogP contribution in [0.5, 0.6) is 11.5 Å². The van der Waals surface area contributed by atoms with E-state index >= 15 is 0 Å². The standard InChI is InChI=1S/C18H17ClFNO4/c1-23-15-6-5-11(9-16(15)25-12-7-8-24-10-12)18(22)21-17-13(19)3-2-4-14(17)20/h2-6,9,12H,7-8,10H2,1H3,(H,21,22). The number of halogens is 2. The lowest BCUT2D eigenvalue weighted by Gasteiger charge is -2.16. The number of methoxy groups -OCH3 is 1. The topological polar surface area (TPSA) is 56.8 Å². The second-order valence-electron chi connectivity index (χ2n) is 5.52. The minimum Gasteiger partial charge on any atom is -0.493 e. The second-order valence-corrected chi connectivity index (χ2v) is 5.93. The Hall–Kier alpha value is -2.31. The number of carbonyl (C=O) groups is 1. The van der Waals surface area contributed by atoms with Crippen LogP contribution in [0.4, 0.5) is 10.1 Å². The Labute approximate surface area is 149 Å². The van der Waals surface area contributed by atoms with Gasteiger partial charge in [0.25, 0.3) is 5.91 Å². The van der Waals surface area contributed by atoms with Crippen LogP contribution in [0, 0.1) is 5.82 Å². The van der Waals surface area contributed by atoms with Crippen molar-refractivity contribution in [3.05, 3.63) is 52.8 Å². The van der Waals surface area contributed by atoms with E-state index in [9.17, 15) is 9.18 Å². The highest BCUT2D eigenvalue weighted by molar-refractivity contribution is 6.34. The quantitative estimate of drug-likeness (QED) is 0.872. The fraction of sp³-hybridized carbons (Fsp3) is 0.278. The van der Waals surface area contributed by atoms with E-state index in [4.69, 9.17) is 25.8 Å². The number of amides is 1. The number of para-hydroxylation sites is 1.